The van der Waals surface area contributed by atoms with Gasteiger partial charge in [-0.1, -0.05) is 6.07 Å². The van der Waals surface area contributed by atoms with Crippen LogP contribution in [0.15, 0.2) is 18.2 Å². The molecule has 0 spiro atoms. The molecule has 0 saturated heterocycles. The Morgan fingerprint density at radius 1 is 1.29 bits per heavy atom. The fraction of sp³-hybridized carbons (Fsp3) is 0.400. The Hall–Kier alpha value is -1.95. The molecule has 112 valence electrons. The highest BCUT2D eigenvalue weighted by Gasteiger charge is 2.16. The summed E-state index contributed by atoms with van der Waals surface area (Å²) in [5.74, 6) is 2.11. The molecule has 0 unspecified atom stereocenters. The lowest BCUT2D eigenvalue weighted by Crippen LogP contribution is -2.20. The molecule has 2 heterocycles. The maximum absolute atomic E-state index is 7.95. The van der Waals surface area contributed by atoms with Crippen LogP contribution in [-0.2, 0) is 6.54 Å². The summed E-state index contributed by atoms with van der Waals surface area (Å²) in [5, 5.41) is 7.95. The van der Waals surface area contributed by atoms with E-state index in [1.54, 1.807) is 0 Å². The Bertz CT molecular complexity index is 705. The van der Waals surface area contributed by atoms with Crippen LogP contribution in [0.1, 0.15) is 10.6 Å². The maximum Gasteiger partial charge on any atom is 0.203 e. The Morgan fingerprint density at radius 3 is 2.86 bits per heavy atom. The first-order valence-corrected chi connectivity index (χ1v) is 7.71. The number of ether oxygens (including phenoxy) is 3. The van der Waals surface area contributed by atoms with E-state index in [4.69, 9.17) is 19.6 Å². The van der Waals surface area contributed by atoms with Gasteiger partial charge < -0.3 is 18.8 Å². The highest BCUT2D eigenvalue weighted by atomic mass is 32.1. The van der Waals surface area contributed by atoms with Crippen molar-refractivity contribution in [1.82, 2.24) is 4.57 Å². The predicted octanol–water partition coefficient (Wildman–Crippen LogP) is 2.50. The van der Waals surface area contributed by atoms with E-state index in [1.807, 2.05) is 36.6 Å². The Balaban J connectivity index is 1.70. The molecule has 0 fully saturated rings. The highest BCUT2D eigenvalue weighted by Crippen LogP contribution is 2.38. The number of hydrogen-bond acceptors (Lipinski definition) is 5. The van der Waals surface area contributed by atoms with Gasteiger partial charge in [-0.3, -0.25) is 5.41 Å². The molecule has 1 aliphatic heterocycles. The largest absolute Gasteiger partial charge is 0.488 e. The standard InChI is InChI=1S/C15H18N2O3S/c1-10-11(2)21-15(16)17(10)6-7-18-12-4-3-5-13-14(12)20-9-8-19-13/h3-5,16H,6-9H2,1-2H3. The molecular weight excluding hydrogens is 288 g/mol. The van der Waals surface area contributed by atoms with E-state index in [1.165, 1.54) is 16.2 Å². The van der Waals surface area contributed by atoms with Crippen LogP contribution in [-0.4, -0.2) is 24.4 Å². The zero-order chi connectivity index (χ0) is 14.8. The van der Waals surface area contributed by atoms with Crippen LogP contribution in [0.25, 0.3) is 0 Å². The summed E-state index contributed by atoms with van der Waals surface area (Å²) in [6.07, 6.45) is 0. The number of rotatable bonds is 4. The molecule has 2 aromatic rings. The second-order valence-electron chi connectivity index (χ2n) is 4.83. The summed E-state index contributed by atoms with van der Waals surface area (Å²) >= 11 is 1.49. The van der Waals surface area contributed by atoms with E-state index >= 15 is 0 Å². The lowest BCUT2D eigenvalue weighted by atomic mass is 10.3. The first-order chi connectivity index (χ1) is 10.2. The van der Waals surface area contributed by atoms with Crippen LogP contribution >= 0.6 is 11.3 Å². The van der Waals surface area contributed by atoms with Gasteiger partial charge in [0.2, 0.25) is 5.75 Å². The van der Waals surface area contributed by atoms with Crippen LogP contribution in [0, 0.1) is 19.3 Å². The van der Waals surface area contributed by atoms with Gasteiger partial charge in [-0.25, -0.2) is 0 Å². The fourth-order valence-corrected chi connectivity index (χ4v) is 3.18. The minimum absolute atomic E-state index is 0.493. The van der Waals surface area contributed by atoms with Gasteiger partial charge in [-0.2, -0.15) is 0 Å². The molecule has 1 aromatic heterocycles. The molecule has 3 rings (SSSR count). The average Bonchev–Trinajstić information content (AvgIpc) is 2.73. The number of nitrogens with zero attached hydrogens (tertiary/aromatic N) is 1. The molecule has 1 N–H and O–H groups in total. The summed E-state index contributed by atoms with van der Waals surface area (Å²) in [5.41, 5.74) is 1.13. The van der Waals surface area contributed by atoms with Crippen molar-refractivity contribution in [3.63, 3.8) is 0 Å². The molecule has 0 bridgehead atoms. The van der Waals surface area contributed by atoms with Gasteiger partial charge in [0.05, 0.1) is 6.54 Å². The molecule has 0 amide bonds. The minimum Gasteiger partial charge on any atom is -0.488 e. The van der Waals surface area contributed by atoms with Crippen LogP contribution in [0.5, 0.6) is 17.2 Å². The molecule has 0 aliphatic carbocycles. The third-order valence-electron chi connectivity index (χ3n) is 3.51. The van der Waals surface area contributed by atoms with Crippen LogP contribution in [0.3, 0.4) is 0 Å². The highest BCUT2D eigenvalue weighted by molar-refractivity contribution is 7.09. The van der Waals surface area contributed by atoms with Crippen molar-refractivity contribution in [2.24, 2.45) is 0 Å². The number of benzene rings is 1. The molecular formula is C15H18N2O3S. The van der Waals surface area contributed by atoms with Gasteiger partial charge in [-0.15, -0.1) is 11.3 Å². The summed E-state index contributed by atoms with van der Waals surface area (Å²) < 4.78 is 18.9. The third kappa shape index (κ3) is 2.76. The van der Waals surface area contributed by atoms with E-state index in [0.29, 0.717) is 42.7 Å². The quantitative estimate of drug-likeness (QED) is 0.944. The van der Waals surface area contributed by atoms with Gasteiger partial charge >= 0.3 is 0 Å². The second-order valence-corrected chi connectivity index (χ2v) is 6.03. The number of nitrogens with one attached hydrogen (secondary N) is 1. The normalized spacial score (nSPS) is 13.2. The van der Waals surface area contributed by atoms with Gasteiger partial charge in [0.25, 0.3) is 0 Å². The van der Waals surface area contributed by atoms with Crippen molar-refractivity contribution in [3.05, 3.63) is 33.6 Å². The minimum atomic E-state index is 0.493. The van der Waals surface area contributed by atoms with E-state index < -0.39 is 0 Å². The van der Waals surface area contributed by atoms with E-state index in [9.17, 15) is 0 Å². The first-order valence-electron chi connectivity index (χ1n) is 6.89. The maximum atomic E-state index is 7.95. The summed E-state index contributed by atoms with van der Waals surface area (Å²) in [7, 11) is 0. The van der Waals surface area contributed by atoms with Crippen molar-refractivity contribution in [2.45, 2.75) is 20.4 Å². The van der Waals surface area contributed by atoms with Crippen LogP contribution < -0.4 is 19.0 Å². The first kappa shape index (κ1) is 14.0. The second kappa shape index (κ2) is 5.81. The van der Waals surface area contributed by atoms with Gasteiger partial charge in [0.1, 0.15) is 19.8 Å². The molecule has 6 heteroatoms. The molecule has 0 radical (unpaired) electrons. The van der Waals surface area contributed by atoms with Gasteiger partial charge in [0, 0.05) is 10.6 Å². The Labute approximate surface area is 127 Å². The topological polar surface area (TPSA) is 56.5 Å². The van der Waals surface area contributed by atoms with Crippen LogP contribution in [0.4, 0.5) is 0 Å². The van der Waals surface area contributed by atoms with E-state index in [0.717, 1.165) is 11.4 Å². The molecule has 1 aromatic carbocycles. The van der Waals surface area contributed by atoms with E-state index in [2.05, 4.69) is 0 Å². The summed E-state index contributed by atoms with van der Waals surface area (Å²) in [6.45, 7) is 6.33. The lowest BCUT2D eigenvalue weighted by Gasteiger charge is -2.21. The van der Waals surface area contributed by atoms with Gasteiger partial charge in [0.15, 0.2) is 16.3 Å². The molecule has 0 atom stereocenters. The average molecular weight is 306 g/mol. The lowest BCUT2D eigenvalue weighted by molar-refractivity contribution is 0.161. The fourth-order valence-electron chi connectivity index (χ4n) is 2.29. The zero-order valence-electron chi connectivity index (χ0n) is 12.1. The number of para-hydroxylation sites is 1. The third-order valence-corrected chi connectivity index (χ3v) is 4.53. The number of hydrogen-bond donors (Lipinski definition) is 1. The van der Waals surface area contributed by atoms with Crippen LogP contribution in [0.2, 0.25) is 0 Å². The van der Waals surface area contributed by atoms with Gasteiger partial charge in [-0.05, 0) is 26.0 Å². The SMILES string of the molecule is Cc1sc(=N)n(CCOc2cccc3c2OCCO3)c1C. The monoisotopic (exact) mass is 306 g/mol. The zero-order valence-corrected chi connectivity index (χ0v) is 13.0. The smallest absolute Gasteiger partial charge is 0.203 e. The van der Waals surface area contributed by atoms with Crippen molar-refractivity contribution in [2.75, 3.05) is 19.8 Å². The number of aromatic nitrogens is 1. The molecule has 0 saturated carbocycles. The number of fused-ring (bicyclic) bond motifs is 1. The van der Waals surface area contributed by atoms with Crippen molar-refractivity contribution in [1.29, 1.82) is 5.41 Å². The predicted molar refractivity (Wildman–Crippen MR) is 80.6 cm³/mol. The number of aryl methyl sites for hydroxylation is 1. The van der Waals surface area contributed by atoms with E-state index in [-0.39, 0.29) is 0 Å². The molecule has 21 heavy (non-hydrogen) atoms. The summed E-state index contributed by atoms with van der Waals surface area (Å²) in [4.78, 5) is 1.73. The Morgan fingerprint density at radius 2 is 2.10 bits per heavy atom. The van der Waals surface area contributed by atoms with Crippen molar-refractivity contribution < 1.29 is 14.2 Å². The Kier molecular flexibility index (Phi) is 3.88. The molecule has 1 aliphatic rings. The molecule has 5 nitrogen and oxygen atoms in total. The summed E-state index contributed by atoms with van der Waals surface area (Å²) in [6, 6.07) is 5.65. The number of thiazole rings is 1. The van der Waals surface area contributed by atoms with Crippen molar-refractivity contribution in [3.8, 4) is 17.2 Å². The van der Waals surface area contributed by atoms with Crippen molar-refractivity contribution >= 4 is 11.3 Å².